The second-order valence-corrected chi connectivity index (χ2v) is 17.1. The van der Waals surface area contributed by atoms with Crippen molar-refractivity contribution >= 4 is 19.8 Å². The molecule has 0 aliphatic heterocycles. The lowest BCUT2D eigenvalue weighted by Gasteiger charge is -2.28. The first-order valence-corrected chi connectivity index (χ1v) is 23.5. The Morgan fingerprint density at radius 2 is 0.982 bits per heavy atom. The SMILES string of the molecule is CCCCC/C=C/C/C=C/C/C=C/C/C=C/CCCC(=O)OC[C@H](COP(=O)([O-])OCC[N+](C)(C)C)OC(=O)CCCCC/C=C/CCCCCCCCCC. The Kier molecular flexibility index (Phi) is 36.7. The highest BCUT2D eigenvalue weighted by Crippen LogP contribution is 2.38. The molecule has 0 bridgehead atoms. The molecule has 0 aliphatic rings. The fourth-order valence-corrected chi connectivity index (χ4v) is 6.25. The number of phosphoric acid groups is 1. The molecule has 10 heteroatoms. The molecule has 0 fully saturated rings. The fourth-order valence-electron chi connectivity index (χ4n) is 5.52. The Hall–Kier alpha value is -2.29. The molecular formula is C46H82NO8P. The summed E-state index contributed by atoms with van der Waals surface area (Å²) in [4.78, 5) is 37.5. The number of nitrogens with zero attached hydrogens (tertiary/aromatic N) is 1. The van der Waals surface area contributed by atoms with Crippen LogP contribution in [0.1, 0.15) is 168 Å². The maximum Gasteiger partial charge on any atom is 0.306 e. The van der Waals surface area contributed by atoms with Gasteiger partial charge in [-0.3, -0.25) is 14.2 Å². The Labute approximate surface area is 343 Å². The third kappa shape index (κ3) is 41.3. The number of allylic oxidation sites excluding steroid dienone is 10. The van der Waals surface area contributed by atoms with E-state index in [1.807, 2.05) is 27.2 Å². The van der Waals surface area contributed by atoms with Crippen LogP contribution in [0.4, 0.5) is 0 Å². The maximum absolute atomic E-state index is 12.7. The molecule has 324 valence electrons. The Bertz CT molecular complexity index is 1140. The van der Waals surface area contributed by atoms with Crippen LogP contribution in [0, 0.1) is 0 Å². The molecule has 1 unspecified atom stereocenters. The van der Waals surface area contributed by atoms with E-state index < -0.39 is 32.5 Å². The molecule has 0 aromatic rings. The summed E-state index contributed by atoms with van der Waals surface area (Å²) >= 11 is 0. The van der Waals surface area contributed by atoms with Gasteiger partial charge in [-0.15, -0.1) is 0 Å². The van der Waals surface area contributed by atoms with Gasteiger partial charge in [-0.1, -0.05) is 139 Å². The summed E-state index contributed by atoms with van der Waals surface area (Å²) in [5.74, 6) is -0.922. The Balaban J connectivity index is 4.49. The van der Waals surface area contributed by atoms with Gasteiger partial charge in [0.2, 0.25) is 0 Å². The molecule has 0 N–H and O–H groups in total. The maximum atomic E-state index is 12.7. The summed E-state index contributed by atoms with van der Waals surface area (Å²) < 4.78 is 33.8. The van der Waals surface area contributed by atoms with Gasteiger partial charge >= 0.3 is 11.9 Å². The second-order valence-electron chi connectivity index (χ2n) is 15.7. The van der Waals surface area contributed by atoms with Gasteiger partial charge in [0.15, 0.2) is 6.10 Å². The van der Waals surface area contributed by atoms with Crippen molar-refractivity contribution in [2.45, 2.75) is 174 Å². The summed E-state index contributed by atoms with van der Waals surface area (Å²) in [6, 6.07) is 0. The molecule has 0 heterocycles. The van der Waals surface area contributed by atoms with Crippen LogP contribution in [-0.4, -0.2) is 70.0 Å². The number of esters is 2. The van der Waals surface area contributed by atoms with Crippen LogP contribution in [0.15, 0.2) is 60.8 Å². The predicted octanol–water partition coefficient (Wildman–Crippen LogP) is 11.8. The molecule has 0 aromatic carbocycles. The van der Waals surface area contributed by atoms with Crippen molar-refractivity contribution in [3.63, 3.8) is 0 Å². The van der Waals surface area contributed by atoms with E-state index in [9.17, 15) is 19.0 Å². The average Bonchev–Trinajstić information content (AvgIpc) is 3.15. The number of hydrogen-bond acceptors (Lipinski definition) is 8. The van der Waals surface area contributed by atoms with Crippen LogP contribution < -0.4 is 4.89 Å². The first-order valence-electron chi connectivity index (χ1n) is 22.0. The number of phosphoric ester groups is 1. The van der Waals surface area contributed by atoms with Gasteiger partial charge in [-0.05, 0) is 77.0 Å². The largest absolute Gasteiger partial charge is 0.756 e. The van der Waals surface area contributed by atoms with Gasteiger partial charge in [0.1, 0.15) is 19.8 Å². The van der Waals surface area contributed by atoms with E-state index in [1.165, 1.54) is 77.0 Å². The minimum atomic E-state index is -4.64. The normalized spacial score (nSPS) is 14.2. The van der Waals surface area contributed by atoms with Crippen LogP contribution in [0.2, 0.25) is 0 Å². The van der Waals surface area contributed by atoms with Gasteiger partial charge in [-0.25, -0.2) is 0 Å². The lowest BCUT2D eigenvalue weighted by Crippen LogP contribution is -2.37. The molecule has 0 saturated carbocycles. The number of quaternary nitrogens is 1. The monoisotopic (exact) mass is 808 g/mol. The molecule has 0 radical (unpaired) electrons. The van der Waals surface area contributed by atoms with Gasteiger partial charge < -0.3 is 27.9 Å². The zero-order chi connectivity index (χ0) is 41.4. The van der Waals surface area contributed by atoms with E-state index in [0.29, 0.717) is 23.9 Å². The van der Waals surface area contributed by atoms with Crippen LogP contribution in [0.25, 0.3) is 0 Å². The second kappa shape index (κ2) is 38.2. The van der Waals surface area contributed by atoms with E-state index in [4.69, 9.17) is 18.5 Å². The zero-order valence-electron chi connectivity index (χ0n) is 36.3. The molecule has 0 saturated heterocycles. The van der Waals surface area contributed by atoms with Crippen molar-refractivity contribution in [2.24, 2.45) is 0 Å². The Morgan fingerprint density at radius 1 is 0.554 bits per heavy atom. The van der Waals surface area contributed by atoms with Crippen molar-refractivity contribution in [3.8, 4) is 0 Å². The molecule has 0 aromatic heterocycles. The number of hydrogen-bond donors (Lipinski definition) is 0. The van der Waals surface area contributed by atoms with Crippen LogP contribution in [-0.2, 0) is 32.7 Å². The van der Waals surface area contributed by atoms with Crippen LogP contribution in [0.5, 0.6) is 0 Å². The minimum absolute atomic E-state index is 0.0441. The minimum Gasteiger partial charge on any atom is -0.756 e. The highest BCUT2D eigenvalue weighted by atomic mass is 31.2. The summed E-state index contributed by atoms with van der Waals surface area (Å²) in [6.07, 6.45) is 45.4. The lowest BCUT2D eigenvalue weighted by molar-refractivity contribution is -0.870. The summed E-state index contributed by atoms with van der Waals surface area (Å²) in [7, 11) is 1.12. The average molecular weight is 808 g/mol. The standard InChI is InChI=1S/C46H82NO8P/c1-6-8-10-12-14-16-18-20-22-23-25-26-28-30-32-34-36-38-45(48)52-42-44(43-54-56(50,51)53-41-40-47(3,4)5)55-46(49)39-37-35-33-31-29-27-24-21-19-17-15-13-11-9-7-2/h14,16,20,22,25-27,29-30,32,44H,6-13,15,17-19,21,23-24,28,31,33-43H2,1-5H3/b16-14+,22-20+,26-25+,29-27+,32-30+/t44-/m1/s1. The topological polar surface area (TPSA) is 111 Å². The first kappa shape index (κ1) is 53.7. The fraction of sp³-hybridized carbons (Fsp3) is 0.739. The van der Waals surface area contributed by atoms with Crippen molar-refractivity contribution in [1.29, 1.82) is 0 Å². The number of ether oxygens (including phenoxy) is 2. The highest BCUT2D eigenvalue weighted by molar-refractivity contribution is 7.45. The van der Waals surface area contributed by atoms with Gasteiger partial charge in [0.25, 0.3) is 7.82 Å². The number of carbonyl (C=O) groups excluding carboxylic acids is 2. The molecular weight excluding hydrogens is 725 g/mol. The summed E-state index contributed by atoms with van der Waals surface area (Å²) in [6.45, 7) is 4.10. The van der Waals surface area contributed by atoms with Crippen molar-refractivity contribution in [2.75, 3.05) is 47.5 Å². The van der Waals surface area contributed by atoms with E-state index in [0.717, 1.165) is 51.4 Å². The highest BCUT2D eigenvalue weighted by Gasteiger charge is 2.21. The van der Waals surface area contributed by atoms with E-state index >= 15 is 0 Å². The number of rotatable bonds is 39. The van der Waals surface area contributed by atoms with Gasteiger partial charge in [0.05, 0.1) is 27.7 Å². The lowest BCUT2D eigenvalue weighted by atomic mass is 10.1. The van der Waals surface area contributed by atoms with E-state index in [-0.39, 0.29) is 26.1 Å². The quantitative estimate of drug-likeness (QED) is 0.0198. The zero-order valence-corrected chi connectivity index (χ0v) is 37.2. The summed E-state index contributed by atoms with van der Waals surface area (Å²) in [5, 5.41) is 0. The number of carbonyl (C=O) groups is 2. The van der Waals surface area contributed by atoms with Crippen LogP contribution >= 0.6 is 7.82 Å². The number of unbranched alkanes of at least 4 members (excludes halogenated alkanes) is 15. The molecule has 0 spiro atoms. The van der Waals surface area contributed by atoms with Crippen LogP contribution in [0.3, 0.4) is 0 Å². The smallest absolute Gasteiger partial charge is 0.306 e. The number of likely N-dealkylation sites (N-methyl/N-ethyl adjacent to an activating group) is 1. The molecule has 9 nitrogen and oxygen atoms in total. The van der Waals surface area contributed by atoms with E-state index in [1.54, 1.807) is 0 Å². The molecule has 2 atom stereocenters. The molecule has 0 rings (SSSR count). The molecule has 56 heavy (non-hydrogen) atoms. The van der Waals surface area contributed by atoms with Gasteiger partial charge in [0, 0.05) is 12.8 Å². The first-order chi connectivity index (χ1) is 27.0. The molecule has 0 amide bonds. The molecule has 0 aliphatic carbocycles. The predicted molar refractivity (Wildman–Crippen MR) is 231 cm³/mol. The van der Waals surface area contributed by atoms with E-state index in [2.05, 4.69) is 68.5 Å². The van der Waals surface area contributed by atoms with Gasteiger partial charge in [-0.2, -0.15) is 0 Å². The van der Waals surface area contributed by atoms with Crippen molar-refractivity contribution in [3.05, 3.63) is 60.8 Å². The van der Waals surface area contributed by atoms with Crippen molar-refractivity contribution < 1.29 is 42.1 Å². The Morgan fingerprint density at radius 3 is 1.54 bits per heavy atom. The third-order valence-electron chi connectivity index (χ3n) is 9.01. The third-order valence-corrected chi connectivity index (χ3v) is 9.97. The van der Waals surface area contributed by atoms with Crippen molar-refractivity contribution in [1.82, 2.24) is 0 Å². The summed E-state index contributed by atoms with van der Waals surface area (Å²) in [5.41, 5.74) is 0.